The van der Waals surface area contributed by atoms with Crippen molar-refractivity contribution in [2.45, 2.75) is 26.3 Å². The Morgan fingerprint density at radius 2 is 1.96 bits per heavy atom. The molecule has 128 valence electrons. The second-order valence-electron chi connectivity index (χ2n) is 6.06. The number of nitrogens with one attached hydrogen (secondary N) is 1. The SMILES string of the molecule is CCc1ccc(C(C)NC(=O)N2CCN(c3nccs3)CC2)cc1. The first kappa shape index (κ1) is 16.8. The van der Waals surface area contributed by atoms with Gasteiger partial charge in [-0.15, -0.1) is 11.3 Å². The lowest BCUT2D eigenvalue weighted by molar-refractivity contribution is 0.191. The number of nitrogens with zero attached hydrogens (tertiary/aromatic N) is 3. The van der Waals surface area contributed by atoms with Crippen LogP contribution >= 0.6 is 11.3 Å². The maximum absolute atomic E-state index is 12.5. The van der Waals surface area contributed by atoms with Crippen LogP contribution in [0.2, 0.25) is 0 Å². The minimum absolute atomic E-state index is 0.0143. The van der Waals surface area contributed by atoms with Gasteiger partial charge in [0.1, 0.15) is 0 Å². The number of piperazine rings is 1. The van der Waals surface area contributed by atoms with Crippen molar-refractivity contribution in [3.05, 3.63) is 47.0 Å². The summed E-state index contributed by atoms with van der Waals surface area (Å²) in [6.07, 6.45) is 2.86. The number of urea groups is 1. The molecule has 1 saturated heterocycles. The van der Waals surface area contributed by atoms with E-state index in [9.17, 15) is 4.79 Å². The minimum atomic E-state index is 0.0143. The lowest BCUT2D eigenvalue weighted by Crippen LogP contribution is -2.52. The third-order valence-corrected chi connectivity index (χ3v) is 5.32. The van der Waals surface area contributed by atoms with Gasteiger partial charge in [0, 0.05) is 37.8 Å². The molecule has 24 heavy (non-hydrogen) atoms. The fourth-order valence-corrected chi connectivity index (χ4v) is 3.57. The number of thiazole rings is 1. The largest absolute Gasteiger partial charge is 0.345 e. The maximum atomic E-state index is 12.5. The molecule has 6 heteroatoms. The van der Waals surface area contributed by atoms with E-state index in [2.05, 4.69) is 46.4 Å². The normalized spacial score (nSPS) is 16.1. The van der Waals surface area contributed by atoms with Gasteiger partial charge in [0.05, 0.1) is 6.04 Å². The molecular weight excluding hydrogens is 320 g/mol. The molecule has 1 aliphatic heterocycles. The number of carbonyl (C=O) groups excluding carboxylic acids is 1. The van der Waals surface area contributed by atoms with Crippen LogP contribution in [0.1, 0.15) is 31.0 Å². The van der Waals surface area contributed by atoms with Gasteiger partial charge >= 0.3 is 6.03 Å². The molecule has 2 aromatic rings. The highest BCUT2D eigenvalue weighted by Crippen LogP contribution is 2.19. The average Bonchev–Trinajstić information content (AvgIpc) is 3.16. The van der Waals surface area contributed by atoms with Crippen molar-refractivity contribution in [3.63, 3.8) is 0 Å². The number of hydrogen-bond acceptors (Lipinski definition) is 4. The molecule has 0 aliphatic carbocycles. The minimum Gasteiger partial charge on any atom is -0.345 e. The molecule has 5 nitrogen and oxygen atoms in total. The Morgan fingerprint density at radius 3 is 2.54 bits per heavy atom. The van der Waals surface area contributed by atoms with Crippen molar-refractivity contribution in [2.75, 3.05) is 31.1 Å². The van der Waals surface area contributed by atoms with E-state index in [4.69, 9.17) is 0 Å². The van der Waals surface area contributed by atoms with Gasteiger partial charge in [-0.1, -0.05) is 31.2 Å². The molecule has 3 rings (SSSR count). The zero-order valence-electron chi connectivity index (χ0n) is 14.2. The highest BCUT2D eigenvalue weighted by Gasteiger charge is 2.23. The van der Waals surface area contributed by atoms with Crippen LogP contribution in [0.4, 0.5) is 9.93 Å². The molecule has 1 aromatic carbocycles. The molecule has 0 bridgehead atoms. The monoisotopic (exact) mass is 344 g/mol. The van der Waals surface area contributed by atoms with E-state index in [1.807, 2.05) is 23.4 Å². The number of aromatic nitrogens is 1. The summed E-state index contributed by atoms with van der Waals surface area (Å²) in [4.78, 5) is 20.9. The number of rotatable bonds is 4. The number of benzene rings is 1. The maximum Gasteiger partial charge on any atom is 0.317 e. The third kappa shape index (κ3) is 3.87. The van der Waals surface area contributed by atoms with Gasteiger partial charge in [-0.25, -0.2) is 9.78 Å². The van der Waals surface area contributed by atoms with Crippen molar-refractivity contribution in [1.82, 2.24) is 15.2 Å². The molecule has 2 heterocycles. The summed E-state index contributed by atoms with van der Waals surface area (Å²) in [5.74, 6) is 0. The topological polar surface area (TPSA) is 48.5 Å². The molecular formula is C18H24N4OS. The fraction of sp³-hybridized carbons (Fsp3) is 0.444. The summed E-state index contributed by atoms with van der Waals surface area (Å²) in [6.45, 7) is 7.30. The highest BCUT2D eigenvalue weighted by molar-refractivity contribution is 7.13. The van der Waals surface area contributed by atoms with Gasteiger partial charge < -0.3 is 15.1 Å². The van der Waals surface area contributed by atoms with Crippen LogP contribution in [0.5, 0.6) is 0 Å². The van der Waals surface area contributed by atoms with Gasteiger partial charge in [0.25, 0.3) is 0 Å². The average molecular weight is 344 g/mol. The van der Waals surface area contributed by atoms with Crippen molar-refractivity contribution < 1.29 is 4.79 Å². The van der Waals surface area contributed by atoms with E-state index < -0.39 is 0 Å². The van der Waals surface area contributed by atoms with Crippen molar-refractivity contribution in [1.29, 1.82) is 0 Å². The number of aryl methyl sites for hydroxylation is 1. The van der Waals surface area contributed by atoms with E-state index in [1.165, 1.54) is 5.56 Å². The molecule has 1 unspecified atom stereocenters. The molecule has 0 radical (unpaired) electrons. The summed E-state index contributed by atoms with van der Waals surface area (Å²) in [5.41, 5.74) is 2.46. The zero-order valence-corrected chi connectivity index (χ0v) is 15.1. The lowest BCUT2D eigenvalue weighted by atomic mass is 10.1. The van der Waals surface area contributed by atoms with Crippen LogP contribution < -0.4 is 10.2 Å². The third-order valence-electron chi connectivity index (χ3n) is 4.48. The number of hydrogen-bond donors (Lipinski definition) is 1. The van der Waals surface area contributed by atoms with E-state index in [0.29, 0.717) is 0 Å². The molecule has 0 saturated carbocycles. The van der Waals surface area contributed by atoms with Gasteiger partial charge in [-0.3, -0.25) is 0 Å². The van der Waals surface area contributed by atoms with Crippen LogP contribution in [0.25, 0.3) is 0 Å². The van der Waals surface area contributed by atoms with Crippen LogP contribution in [0, 0.1) is 0 Å². The highest BCUT2D eigenvalue weighted by atomic mass is 32.1. The van der Waals surface area contributed by atoms with Crippen LogP contribution in [0.15, 0.2) is 35.8 Å². The fourth-order valence-electron chi connectivity index (χ4n) is 2.87. The second-order valence-corrected chi connectivity index (χ2v) is 6.93. The van der Waals surface area contributed by atoms with E-state index in [-0.39, 0.29) is 12.1 Å². The molecule has 1 N–H and O–H groups in total. The molecule has 1 fully saturated rings. The molecule has 1 aliphatic rings. The Morgan fingerprint density at radius 1 is 1.25 bits per heavy atom. The standard InChI is InChI=1S/C18H24N4OS/c1-3-15-4-6-16(7-5-15)14(2)20-17(23)21-9-11-22(12-10-21)18-19-8-13-24-18/h4-8,13-14H,3,9-12H2,1-2H3,(H,20,23). The van der Waals surface area contributed by atoms with Crippen molar-refractivity contribution in [2.24, 2.45) is 0 Å². The smallest absolute Gasteiger partial charge is 0.317 e. The Bertz CT molecular complexity index is 648. The Kier molecular flexibility index (Phi) is 5.35. The van der Waals surface area contributed by atoms with E-state index in [1.54, 1.807) is 11.3 Å². The van der Waals surface area contributed by atoms with E-state index >= 15 is 0 Å². The van der Waals surface area contributed by atoms with Gasteiger partial charge in [0.2, 0.25) is 0 Å². The van der Waals surface area contributed by atoms with Crippen LogP contribution in [-0.4, -0.2) is 42.1 Å². The zero-order chi connectivity index (χ0) is 16.9. The van der Waals surface area contributed by atoms with Crippen LogP contribution in [0.3, 0.4) is 0 Å². The summed E-state index contributed by atoms with van der Waals surface area (Å²) >= 11 is 1.65. The Hall–Kier alpha value is -2.08. The van der Waals surface area contributed by atoms with Gasteiger partial charge in [0.15, 0.2) is 5.13 Å². The van der Waals surface area contributed by atoms with Crippen molar-refractivity contribution >= 4 is 22.5 Å². The van der Waals surface area contributed by atoms with Crippen molar-refractivity contribution in [3.8, 4) is 0 Å². The summed E-state index contributed by atoms with van der Waals surface area (Å²) in [6, 6.07) is 8.49. The number of anilines is 1. The predicted molar refractivity (Wildman–Crippen MR) is 98.7 cm³/mol. The second kappa shape index (κ2) is 7.66. The quantitative estimate of drug-likeness (QED) is 0.926. The van der Waals surface area contributed by atoms with E-state index in [0.717, 1.165) is 43.3 Å². The Labute approximate surface area is 147 Å². The first-order valence-corrected chi connectivity index (χ1v) is 9.34. The lowest BCUT2D eigenvalue weighted by Gasteiger charge is -2.35. The van der Waals surface area contributed by atoms with Gasteiger partial charge in [-0.05, 0) is 24.5 Å². The molecule has 1 aromatic heterocycles. The number of carbonyl (C=O) groups is 1. The first-order valence-electron chi connectivity index (χ1n) is 8.46. The van der Waals surface area contributed by atoms with Gasteiger partial charge in [-0.2, -0.15) is 0 Å². The Balaban J connectivity index is 1.51. The first-order chi connectivity index (χ1) is 11.7. The van der Waals surface area contributed by atoms with Crippen LogP contribution in [-0.2, 0) is 6.42 Å². The summed E-state index contributed by atoms with van der Waals surface area (Å²) in [7, 11) is 0. The predicted octanol–water partition coefficient (Wildman–Crippen LogP) is 3.30. The summed E-state index contributed by atoms with van der Waals surface area (Å²) in [5, 5.41) is 6.14. The molecule has 2 amide bonds. The summed E-state index contributed by atoms with van der Waals surface area (Å²) < 4.78 is 0. The molecule has 1 atom stereocenters. The molecule has 0 spiro atoms. The number of amides is 2.